The number of aromatic amines is 1. The van der Waals surface area contributed by atoms with Crippen molar-refractivity contribution >= 4 is 31.9 Å². The van der Waals surface area contributed by atoms with E-state index in [-0.39, 0.29) is 11.4 Å². The summed E-state index contributed by atoms with van der Waals surface area (Å²) in [6.07, 6.45) is 0.639. The summed E-state index contributed by atoms with van der Waals surface area (Å²) in [5.74, 6) is 0.0784. The molecule has 0 fully saturated rings. The van der Waals surface area contributed by atoms with Gasteiger partial charge < -0.3 is 4.98 Å². The number of H-pyrrole nitrogens is 1. The van der Waals surface area contributed by atoms with Crippen LogP contribution in [0.4, 0.5) is 4.39 Å². The smallest absolute Gasteiger partial charge is 0.265 e. The van der Waals surface area contributed by atoms with E-state index in [9.17, 15) is 9.18 Å². The molecule has 0 saturated heterocycles. The minimum atomic E-state index is -0.353. The zero-order valence-electron chi connectivity index (χ0n) is 9.43. The van der Waals surface area contributed by atoms with E-state index in [1.807, 2.05) is 6.92 Å². The van der Waals surface area contributed by atoms with Crippen LogP contribution >= 0.6 is 31.9 Å². The van der Waals surface area contributed by atoms with E-state index in [2.05, 4.69) is 41.8 Å². The van der Waals surface area contributed by atoms with E-state index in [4.69, 9.17) is 0 Å². The lowest BCUT2D eigenvalue weighted by Crippen LogP contribution is -2.13. The Morgan fingerprint density at radius 2 is 2.11 bits per heavy atom. The second-order valence-electron chi connectivity index (χ2n) is 3.66. The molecule has 0 aliphatic rings. The largest absolute Gasteiger partial charge is 0.306 e. The molecule has 0 aliphatic carbocycles. The zero-order chi connectivity index (χ0) is 13.3. The molecule has 0 spiro atoms. The van der Waals surface area contributed by atoms with Crippen molar-refractivity contribution in [3.8, 4) is 11.4 Å². The van der Waals surface area contributed by atoms with Crippen molar-refractivity contribution in [1.29, 1.82) is 0 Å². The molecule has 2 aromatic rings. The summed E-state index contributed by atoms with van der Waals surface area (Å²) in [5, 5.41) is 0. The van der Waals surface area contributed by atoms with Crippen molar-refractivity contribution in [3.63, 3.8) is 0 Å². The maximum absolute atomic E-state index is 13.2. The van der Waals surface area contributed by atoms with Crippen LogP contribution in [-0.2, 0) is 6.42 Å². The molecule has 1 N–H and O–H groups in total. The average Bonchev–Trinajstić information content (AvgIpc) is 2.36. The minimum Gasteiger partial charge on any atom is -0.306 e. The fraction of sp³-hybridized carbons (Fsp3) is 0.167. The third-order valence-electron chi connectivity index (χ3n) is 2.46. The van der Waals surface area contributed by atoms with Crippen molar-refractivity contribution in [3.05, 3.63) is 49.0 Å². The number of aromatic nitrogens is 2. The van der Waals surface area contributed by atoms with Crippen LogP contribution in [0.1, 0.15) is 12.6 Å². The molecule has 0 unspecified atom stereocenters. The highest BCUT2D eigenvalue weighted by Crippen LogP contribution is 2.23. The summed E-state index contributed by atoms with van der Waals surface area (Å²) in [4.78, 5) is 18.7. The Morgan fingerprint density at radius 1 is 1.39 bits per heavy atom. The molecule has 1 aromatic carbocycles. The standard InChI is InChI=1S/C12H9Br2FN2O/c1-2-9-10(14)12(18)17-11(16-9)6-3-4-8(15)7(13)5-6/h3-5H,2H2,1H3,(H,16,17,18). The Labute approximate surface area is 120 Å². The van der Waals surface area contributed by atoms with Crippen molar-refractivity contribution < 1.29 is 4.39 Å². The molecule has 0 amide bonds. The fourth-order valence-corrected chi connectivity index (χ4v) is 2.37. The molecule has 0 saturated carbocycles. The normalized spacial score (nSPS) is 10.7. The summed E-state index contributed by atoms with van der Waals surface area (Å²) in [6, 6.07) is 4.49. The van der Waals surface area contributed by atoms with Crippen molar-refractivity contribution in [1.82, 2.24) is 9.97 Å². The van der Waals surface area contributed by atoms with E-state index in [1.54, 1.807) is 12.1 Å². The molecular weight excluding hydrogens is 367 g/mol. The molecule has 6 heteroatoms. The van der Waals surface area contributed by atoms with Gasteiger partial charge in [0, 0.05) is 5.56 Å². The third kappa shape index (κ3) is 2.54. The molecule has 3 nitrogen and oxygen atoms in total. The van der Waals surface area contributed by atoms with E-state index in [1.165, 1.54) is 6.07 Å². The van der Waals surface area contributed by atoms with E-state index < -0.39 is 0 Å². The van der Waals surface area contributed by atoms with Crippen molar-refractivity contribution in [2.75, 3.05) is 0 Å². The Hall–Kier alpha value is -1.01. The van der Waals surface area contributed by atoms with Crippen LogP contribution < -0.4 is 5.56 Å². The first kappa shape index (κ1) is 13.4. The quantitative estimate of drug-likeness (QED) is 0.870. The number of hydrogen-bond donors (Lipinski definition) is 1. The van der Waals surface area contributed by atoms with Crippen LogP contribution in [0.3, 0.4) is 0 Å². The Balaban J connectivity index is 2.60. The summed E-state index contributed by atoms with van der Waals surface area (Å²) < 4.78 is 13.9. The maximum Gasteiger partial charge on any atom is 0.265 e. The van der Waals surface area contributed by atoms with Crippen LogP contribution in [0.5, 0.6) is 0 Å². The third-order valence-corrected chi connectivity index (χ3v) is 3.88. The zero-order valence-corrected chi connectivity index (χ0v) is 12.6. The maximum atomic E-state index is 13.2. The minimum absolute atomic E-state index is 0.239. The van der Waals surface area contributed by atoms with Crippen LogP contribution in [0.2, 0.25) is 0 Å². The summed E-state index contributed by atoms with van der Waals surface area (Å²) in [6.45, 7) is 1.91. The second-order valence-corrected chi connectivity index (χ2v) is 5.30. The van der Waals surface area contributed by atoms with Gasteiger partial charge in [0.05, 0.1) is 10.2 Å². The monoisotopic (exact) mass is 374 g/mol. The lowest BCUT2D eigenvalue weighted by atomic mass is 10.2. The number of nitrogens with one attached hydrogen (secondary N) is 1. The van der Waals surface area contributed by atoms with E-state index in [0.717, 1.165) is 0 Å². The average molecular weight is 376 g/mol. The Morgan fingerprint density at radius 3 is 2.72 bits per heavy atom. The van der Waals surface area contributed by atoms with Crippen LogP contribution in [0.25, 0.3) is 11.4 Å². The van der Waals surface area contributed by atoms with Gasteiger partial charge in [-0.1, -0.05) is 6.92 Å². The SMILES string of the molecule is CCc1nc(-c2ccc(F)c(Br)c2)[nH]c(=O)c1Br. The van der Waals surface area contributed by atoms with Crippen LogP contribution in [0.15, 0.2) is 31.9 Å². The molecule has 18 heavy (non-hydrogen) atoms. The predicted molar refractivity (Wildman–Crippen MR) is 75.0 cm³/mol. The highest BCUT2D eigenvalue weighted by atomic mass is 79.9. The molecule has 0 atom stereocenters. The number of rotatable bonds is 2. The van der Waals surface area contributed by atoms with Gasteiger partial charge in [0.25, 0.3) is 5.56 Å². The molecule has 94 valence electrons. The van der Waals surface area contributed by atoms with Gasteiger partial charge in [-0.2, -0.15) is 0 Å². The van der Waals surface area contributed by atoms with Crippen molar-refractivity contribution in [2.45, 2.75) is 13.3 Å². The Bertz CT molecular complexity index is 655. The molecule has 1 heterocycles. The lowest BCUT2D eigenvalue weighted by molar-refractivity contribution is 0.621. The van der Waals surface area contributed by atoms with Gasteiger partial charge in [0.1, 0.15) is 16.1 Å². The number of aryl methyl sites for hydroxylation is 1. The second kappa shape index (κ2) is 5.32. The summed E-state index contributed by atoms with van der Waals surface area (Å²) in [7, 11) is 0. The van der Waals surface area contributed by atoms with Crippen LogP contribution in [0, 0.1) is 5.82 Å². The van der Waals surface area contributed by atoms with Gasteiger partial charge in [-0.25, -0.2) is 9.37 Å². The van der Waals surface area contributed by atoms with Gasteiger partial charge >= 0.3 is 0 Å². The summed E-state index contributed by atoms with van der Waals surface area (Å²) >= 11 is 6.31. The molecular formula is C12H9Br2FN2O. The van der Waals surface area contributed by atoms with Crippen molar-refractivity contribution in [2.24, 2.45) is 0 Å². The van der Waals surface area contributed by atoms with Gasteiger partial charge in [-0.15, -0.1) is 0 Å². The molecule has 1 aromatic heterocycles. The van der Waals surface area contributed by atoms with Gasteiger partial charge in [0.15, 0.2) is 0 Å². The topological polar surface area (TPSA) is 45.8 Å². The van der Waals surface area contributed by atoms with E-state index >= 15 is 0 Å². The summed E-state index contributed by atoms with van der Waals surface area (Å²) in [5.41, 5.74) is 1.09. The first-order chi connectivity index (χ1) is 8.52. The van der Waals surface area contributed by atoms with Gasteiger partial charge in [0.2, 0.25) is 0 Å². The first-order valence-electron chi connectivity index (χ1n) is 5.27. The number of hydrogen-bond acceptors (Lipinski definition) is 2. The number of benzene rings is 1. The predicted octanol–water partition coefficient (Wildman–Crippen LogP) is 3.66. The first-order valence-corrected chi connectivity index (χ1v) is 6.85. The van der Waals surface area contributed by atoms with Gasteiger partial charge in [-0.05, 0) is 56.5 Å². The lowest BCUT2D eigenvalue weighted by Gasteiger charge is -2.06. The van der Waals surface area contributed by atoms with Gasteiger partial charge in [-0.3, -0.25) is 4.79 Å². The molecule has 0 radical (unpaired) electrons. The molecule has 0 aliphatic heterocycles. The molecule has 0 bridgehead atoms. The fourth-order valence-electron chi connectivity index (χ4n) is 1.52. The highest BCUT2D eigenvalue weighted by molar-refractivity contribution is 9.10. The van der Waals surface area contributed by atoms with E-state index in [0.29, 0.717) is 32.4 Å². The highest BCUT2D eigenvalue weighted by Gasteiger charge is 2.10. The Kier molecular flexibility index (Phi) is 3.97. The molecule has 2 rings (SSSR count). The number of nitrogens with zero attached hydrogens (tertiary/aromatic N) is 1. The number of halogens is 3. The van der Waals surface area contributed by atoms with Crippen LogP contribution in [-0.4, -0.2) is 9.97 Å².